The van der Waals surface area contributed by atoms with Crippen molar-refractivity contribution in [3.05, 3.63) is 58.0 Å². The van der Waals surface area contributed by atoms with Crippen LogP contribution in [0.4, 0.5) is 0 Å². The smallest absolute Gasteiger partial charge is 0.200 e. The molecule has 6 heteroatoms. The first kappa shape index (κ1) is 12.3. The standard InChI is InChI=1S/C13H9BrN4S/c14-10-3-5-11(6-4-10)18-12(16-17-13(18)19)9-2-1-7-15-8-9/h1-8H,(H,17,19). The predicted molar refractivity (Wildman–Crippen MR) is 79.7 cm³/mol. The van der Waals surface area contributed by atoms with E-state index >= 15 is 0 Å². The lowest BCUT2D eigenvalue weighted by Crippen LogP contribution is -1.97. The molecule has 0 aliphatic rings. The highest BCUT2D eigenvalue weighted by Crippen LogP contribution is 2.21. The van der Waals surface area contributed by atoms with Crippen LogP contribution in [-0.2, 0) is 0 Å². The molecular weight excluding hydrogens is 324 g/mol. The van der Waals surface area contributed by atoms with Crippen LogP contribution in [0.25, 0.3) is 17.1 Å². The summed E-state index contributed by atoms with van der Waals surface area (Å²) in [6, 6.07) is 11.7. The van der Waals surface area contributed by atoms with E-state index in [4.69, 9.17) is 12.2 Å². The fraction of sp³-hybridized carbons (Fsp3) is 0. The van der Waals surface area contributed by atoms with Gasteiger partial charge in [-0.2, -0.15) is 5.10 Å². The lowest BCUT2D eigenvalue weighted by atomic mass is 10.2. The minimum Gasteiger partial charge on any atom is -0.268 e. The van der Waals surface area contributed by atoms with Gasteiger partial charge < -0.3 is 0 Å². The van der Waals surface area contributed by atoms with Crippen LogP contribution in [0.1, 0.15) is 0 Å². The van der Waals surface area contributed by atoms with Crippen molar-refractivity contribution in [2.45, 2.75) is 0 Å². The van der Waals surface area contributed by atoms with E-state index in [1.807, 2.05) is 41.0 Å². The molecule has 4 nitrogen and oxygen atoms in total. The fourth-order valence-electron chi connectivity index (χ4n) is 1.82. The Bertz CT molecular complexity index is 746. The summed E-state index contributed by atoms with van der Waals surface area (Å²) in [6.07, 6.45) is 3.50. The van der Waals surface area contributed by atoms with Crippen molar-refractivity contribution >= 4 is 28.1 Å². The molecule has 3 rings (SSSR count). The Labute approximate surface area is 123 Å². The number of hydrogen-bond acceptors (Lipinski definition) is 3. The summed E-state index contributed by atoms with van der Waals surface area (Å²) in [6.45, 7) is 0. The quantitative estimate of drug-likeness (QED) is 0.727. The molecule has 0 saturated carbocycles. The Morgan fingerprint density at radius 1 is 1.16 bits per heavy atom. The number of benzene rings is 1. The van der Waals surface area contributed by atoms with Crippen LogP contribution in [0.15, 0.2) is 53.3 Å². The first-order valence-electron chi connectivity index (χ1n) is 5.59. The molecule has 2 aromatic heterocycles. The summed E-state index contributed by atoms with van der Waals surface area (Å²) in [4.78, 5) is 4.11. The Morgan fingerprint density at radius 2 is 1.95 bits per heavy atom. The number of pyridine rings is 1. The second-order valence-electron chi connectivity index (χ2n) is 3.91. The maximum Gasteiger partial charge on any atom is 0.200 e. The third-order valence-corrected chi connectivity index (χ3v) is 3.48. The molecule has 0 aliphatic carbocycles. The highest BCUT2D eigenvalue weighted by molar-refractivity contribution is 9.10. The van der Waals surface area contributed by atoms with E-state index in [9.17, 15) is 0 Å². The van der Waals surface area contributed by atoms with E-state index in [2.05, 4.69) is 31.1 Å². The molecule has 0 radical (unpaired) electrons. The Hall–Kier alpha value is -1.79. The lowest BCUT2D eigenvalue weighted by molar-refractivity contribution is 1.03. The maximum absolute atomic E-state index is 5.30. The zero-order valence-corrected chi connectivity index (χ0v) is 12.1. The van der Waals surface area contributed by atoms with Crippen LogP contribution >= 0.6 is 28.1 Å². The van der Waals surface area contributed by atoms with Crippen LogP contribution in [0, 0.1) is 4.77 Å². The molecule has 0 amide bonds. The first-order chi connectivity index (χ1) is 9.25. The van der Waals surface area contributed by atoms with Gasteiger partial charge in [0.15, 0.2) is 10.6 Å². The number of aromatic amines is 1. The molecule has 0 atom stereocenters. The van der Waals surface area contributed by atoms with Gasteiger partial charge in [-0.3, -0.25) is 14.6 Å². The number of H-pyrrole nitrogens is 1. The van der Waals surface area contributed by atoms with E-state index in [1.54, 1.807) is 12.4 Å². The molecule has 1 N–H and O–H groups in total. The van der Waals surface area contributed by atoms with Crippen molar-refractivity contribution < 1.29 is 0 Å². The normalized spacial score (nSPS) is 10.6. The van der Waals surface area contributed by atoms with Crippen molar-refractivity contribution in [3.8, 4) is 17.1 Å². The number of aromatic nitrogens is 4. The molecule has 0 bridgehead atoms. The SMILES string of the molecule is S=c1[nH]nc(-c2cccnc2)n1-c1ccc(Br)cc1. The van der Waals surface area contributed by atoms with Gasteiger partial charge in [0.05, 0.1) is 5.69 Å². The van der Waals surface area contributed by atoms with Crippen LogP contribution in [-0.4, -0.2) is 19.7 Å². The topological polar surface area (TPSA) is 46.5 Å². The summed E-state index contributed by atoms with van der Waals surface area (Å²) in [5, 5.41) is 7.10. The van der Waals surface area contributed by atoms with Crippen LogP contribution in [0.3, 0.4) is 0 Å². The van der Waals surface area contributed by atoms with Crippen molar-refractivity contribution in [1.29, 1.82) is 0 Å². The van der Waals surface area contributed by atoms with E-state index in [-0.39, 0.29) is 0 Å². The molecule has 19 heavy (non-hydrogen) atoms. The van der Waals surface area contributed by atoms with Crippen molar-refractivity contribution in [2.75, 3.05) is 0 Å². The summed E-state index contributed by atoms with van der Waals surface area (Å²) in [7, 11) is 0. The average Bonchev–Trinajstić information content (AvgIpc) is 2.83. The highest BCUT2D eigenvalue weighted by Gasteiger charge is 2.10. The largest absolute Gasteiger partial charge is 0.268 e. The highest BCUT2D eigenvalue weighted by atomic mass is 79.9. The number of nitrogens with zero attached hydrogens (tertiary/aromatic N) is 3. The number of halogens is 1. The minimum atomic E-state index is 0.557. The second kappa shape index (κ2) is 5.07. The zero-order chi connectivity index (χ0) is 13.2. The average molecular weight is 333 g/mol. The maximum atomic E-state index is 5.30. The minimum absolute atomic E-state index is 0.557. The summed E-state index contributed by atoms with van der Waals surface area (Å²) < 4.78 is 3.47. The zero-order valence-electron chi connectivity index (χ0n) is 9.75. The predicted octanol–water partition coefficient (Wildman–Crippen LogP) is 3.75. The van der Waals surface area contributed by atoms with Crippen LogP contribution in [0.2, 0.25) is 0 Å². The molecule has 0 spiro atoms. The molecule has 0 saturated heterocycles. The molecule has 1 aromatic carbocycles. The van der Waals surface area contributed by atoms with Gasteiger partial charge in [-0.15, -0.1) is 0 Å². The third kappa shape index (κ3) is 2.36. The molecule has 0 fully saturated rings. The molecule has 2 heterocycles. The third-order valence-electron chi connectivity index (χ3n) is 2.68. The molecule has 0 aliphatic heterocycles. The number of nitrogens with one attached hydrogen (secondary N) is 1. The van der Waals surface area contributed by atoms with E-state index in [0.717, 1.165) is 21.5 Å². The van der Waals surface area contributed by atoms with Gasteiger partial charge >= 0.3 is 0 Å². The van der Waals surface area contributed by atoms with Gasteiger partial charge in [-0.25, -0.2) is 0 Å². The number of rotatable bonds is 2. The number of hydrogen-bond donors (Lipinski definition) is 1. The van der Waals surface area contributed by atoms with Gasteiger partial charge in [0.2, 0.25) is 0 Å². The van der Waals surface area contributed by atoms with Crippen LogP contribution in [0.5, 0.6) is 0 Å². The summed E-state index contributed by atoms with van der Waals surface area (Å²) >= 11 is 8.72. The van der Waals surface area contributed by atoms with E-state index in [0.29, 0.717) is 4.77 Å². The molecule has 0 unspecified atom stereocenters. The lowest BCUT2D eigenvalue weighted by Gasteiger charge is -2.06. The van der Waals surface area contributed by atoms with Crippen LogP contribution < -0.4 is 0 Å². The first-order valence-corrected chi connectivity index (χ1v) is 6.79. The van der Waals surface area contributed by atoms with Gasteiger partial charge in [-0.1, -0.05) is 15.9 Å². The molecule has 94 valence electrons. The van der Waals surface area contributed by atoms with Gasteiger partial charge in [0, 0.05) is 22.4 Å². The Kier molecular flexibility index (Phi) is 3.27. The van der Waals surface area contributed by atoms with Crippen molar-refractivity contribution in [2.24, 2.45) is 0 Å². The monoisotopic (exact) mass is 332 g/mol. The van der Waals surface area contributed by atoms with Crippen molar-refractivity contribution in [3.63, 3.8) is 0 Å². The summed E-state index contributed by atoms with van der Waals surface area (Å²) in [5.74, 6) is 0.750. The van der Waals surface area contributed by atoms with E-state index < -0.39 is 0 Å². The Balaban J connectivity index is 2.19. The summed E-state index contributed by atoms with van der Waals surface area (Å²) in [5.41, 5.74) is 1.87. The second-order valence-corrected chi connectivity index (χ2v) is 5.21. The van der Waals surface area contributed by atoms with Gasteiger partial charge in [0.25, 0.3) is 0 Å². The molecule has 3 aromatic rings. The molecular formula is C13H9BrN4S. The fourth-order valence-corrected chi connectivity index (χ4v) is 2.32. The van der Waals surface area contributed by atoms with E-state index in [1.165, 1.54) is 0 Å². The Morgan fingerprint density at radius 3 is 2.63 bits per heavy atom. The van der Waals surface area contributed by atoms with Gasteiger partial charge in [0.1, 0.15) is 0 Å². The van der Waals surface area contributed by atoms with Gasteiger partial charge in [-0.05, 0) is 48.6 Å². The van der Waals surface area contributed by atoms with Crippen molar-refractivity contribution in [1.82, 2.24) is 19.7 Å².